The Morgan fingerprint density at radius 2 is 1.59 bits per heavy atom. The van der Waals surface area contributed by atoms with Gasteiger partial charge in [-0.1, -0.05) is 34.9 Å². The molecule has 0 aliphatic rings. The molecule has 0 atom stereocenters. The molecule has 90 valence electrons. The molecular weight excluding hydrogens is 220 g/mol. The molecule has 1 aromatic heterocycles. The fraction of sp³-hybridized carbons (Fsp3) is 0.273. The van der Waals surface area contributed by atoms with Crippen LogP contribution in [0, 0.1) is 30.9 Å². The molecule has 0 fully saturated rings. The van der Waals surface area contributed by atoms with Crippen LogP contribution in [0.25, 0.3) is 0 Å². The van der Waals surface area contributed by atoms with Gasteiger partial charge in [0.15, 0.2) is 6.33 Å². The van der Waals surface area contributed by atoms with Crippen LogP contribution in [-0.4, -0.2) is 19.9 Å². The third-order valence-electron chi connectivity index (χ3n) is 1.94. The number of rotatable bonds is 1. The lowest BCUT2D eigenvalue weighted by Crippen LogP contribution is -2.07. The topological polar surface area (TPSA) is 73.8 Å². The SMILES string of the molecule is Cc1cc(C)cc(C)c1.O=[N+]([O-])n1cncn1. The van der Waals surface area contributed by atoms with Gasteiger partial charge in [-0.3, -0.25) is 0 Å². The molecule has 6 heteroatoms. The zero-order valence-corrected chi connectivity index (χ0v) is 9.99. The average Bonchev–Trinajstić information content (AvgIpc) is 2.68. The maximum Gasteiger partial charge on any atom is 0.258 e. The highest BCUT2D eigenvalue weighted by Crippen LogP contribution is 2.06. The summed E-state index contributed by atoms with van der Waals surface area (Å²) in [7, 11) is 0. The second kappa shape index (κ2) is 5.74. The Morgan fingerprint density at radius 3 is 1.82 bits per heavy atom. The fourth-order valence-corrected chi connectivity index (χ4v) is 1.49. The molecule has 1 heterocycles. The molecular formula is C11H14N4O2. The van der Waals surface area contributed by atoms with E-state index < -0.39 is 5.03 Å². The minimum absolute atomic E-state index is 0.528. The molecule has 0 amide bonds. The molecule has 0 spiro atoms. The third kappa shape index (κ3) is 4.42. The summed E-state index contributed by atoms with van der Waals surface area (Å²) < 4.78 is 0. The largest absolute Gasteiger partial charge is 0.339 e. The molecule has 0 saturated carbocycles. The molecule has 2 rings (SSSR count). The second-order valence-electron chi connectivity index (χ2n) is 3.72. The smallest absolute Gasteiger partial charge is 0.258 e. The van der Waals surface area contributed by atoms with Gasteiger partial charge in [0.05, 0.1) is 10.1 Å². The lowest BCUT2D eigenvalue weighted by Gasteiger charge is -1.96. The minimum atomic E-state index is -0.674. The van der Waals surface area contributed by atoms with Crippen LogP contribution in [0.4, 0.5) is 0 Å². The molecule has 0 N–H and O–H groups in total. The van der Waals surface area contributed by atoms with Crippen LogP contribution >= 0.6 is 0 Å². The van der Waals surface area contributed by atoms with E-state index in [2.05, 4.69) is 49.1 Å². The summed E-state index contributed by atoms with van der Waals surface area (Å²) in [5, 5.41) is 12.3. The van der Waals surface area contributed by atoms with Gasteiger partial charge in [-0.2, -0.15) is 4.98 Å². The summed E-state index contributed by atoms with van der Waals surface area (Å²) in [4.78, 5) is 13.6. The third-order valence-corrected chi connectivity index (χ3v) is 1.94. The summed E-state index contributed by atoms with van der Waals surface area (Å²) in [5.74, 6) is 0. The molecule has 0 saturated heterocycles. The summed E-state index contributed by atoms with van der Waals surface area (Å²) in [6.45, 7) is 6.38. The maximum absolute atomic E-state index is 9.73. The van der Waals surface area contributed by atoms with Crippen LogP contribution < -0.4 is 0 Å². The summed E-state index contributed by atoms with van der Waals surface area (Å²) in [5.41, 5.74) is 4.06. The zero-order valence-electron chi connectivity index (χ0n) is 9.99. The fourth-order valence-electron chi connectivity index (χ4n) is 1.49. The number of hydrogen-bond acceptors (Lipinski definition) is 4. The first kappa shape index (κ1) is 12.8. The first-order chi connectivity index (χ1) is 7.99. The van der Waals surface area contributed by atoms with Gasteiger partial charge in [0, 0.05) is 4.79 Å². The van der Waals surface area contributed by atoms with E-state index in [0.717, 1.165) is 12.7 Å². The van der Waals surface area contributed by atoms with Gasteiger partial charge < -0.3 is 10.1 Å². The van der Waals surface area contributed by atoms with Crippen molar-refractivity contribution in [1.82, 2.24) is 14.9 Å². The Balaban J connectivity index is 0.000000171. The maximum atomic E-state index is 9.73. The van der Waals surface area contributed by atoms with E-state index in [1.165, 1.54) is 16.7 Å². The highest BCUT2D eigenvalue weighted by atomic mass is 16.7. The molecule has 2 aromatic rings. The normalized spacial score (nSPS) is 9.35. The number of aryl methyl sites for hydroxylation is 3. The Hall–Kier alpha value is -2.24. The monoisotopic (exact) mass is 234 g/mol. The van der Waals surface area contributed by atoms with Gasteiger partial charge in [0.25, 0.3) is 6.33 Å². The molecule has 6 nitrogen and oxygen atoms in total. The van der Waals surface area contributed by atoms with E-state index in [0.29, 0.717) is 4.79 Å². The highest BCUT2D eigenvalue weighted by molar-refractivity contribution is 5.27. The minimum Gasteiger partial charge on any atom is -0.339 e. The van der Waals surface area contributed by atoms with Gasteiger partial charge in [0.2, 0.25) is 0 Å². The molecule has 17 heavy (non-hydrogen) atoms. The van der Waals surface area contributed by atoms with Crippen molar-refractivity contribution in [1.29, 1.82) is 0 Å². The average molecular weight is 234 g/mol. The van der Waals surface area contributed by atoms with E-state index in [9.17, 15) is 10.1 Å². The van der Waals surface area contributed by atoms with Gasteiger partial charge in [0.1, 0.15) is 0 Å². The van der Waals surface area contributed by atoms with Crippen LogP contribution in [0.3, 0.4) is 0 Å². The van der Waals surface area contributed by atoms with Crippen molar-refractivity contribution in [2.24, 2.45) is 0 Å². The predicted octanol–water partition coefficient (Wildman–Crippen LogP) is 1.93. The Kier molecular flexibility index (Phi) is 4.33. The van der Waals surface area contributed by atoms with Crippen molar-refractivity contribution in [3.63, 3.8) is 0 Å². The van der Waals surface area contributed by atoms with Crippen molar-refractivity contribution in [2.45, 2.75) is 20.8 Å². The van der Waals surface area contributed by atoms with Crippen LogP contribution in [0.5, 0.6) is 0 Å². The van der Waals surface area contributed by atoms with Crippen LogP contribution in [0.2, 0.25) is 0 Å². The summed E-state index contributed by atoms with van der Waals surface area (Å²) in [6.07, 6.45) is 2.11. The number of benzene rings is 1. The van der Waals surface area contributed by atoms with Crippen molar-refractivity contribution in [3.8, 4) is 0 Å². The van der Waals surface area contributed by atoms with E-state index >= 15 is 0 Å². The zero-order chi connectivity index (χ0) is 12.8. The van der Waals surface area contributed by atoms with Crippen molar-refractivity contribution in [3.05, 3.63) is 57.7 Å². The molecule has 0 aliphatic carbocycles. The van der Waals surface area contributed by atoms with E-state index in [1.54, 1.807) is 0 Å². The van der Waals surface area contributed by atoms with Crippen LogP contribution in [-0.2, 0) is 0 Å². The van der Waals surface area contributed by atoms with Crippen LogP contribution in [0.1, 0.15) is 16.7 Å². The summed E-state index contributed by atoms with van der Waals surface area (Å²) >= 11 is 0. The summed E-state index contributed by atoms with van der Waals surface area (Å²) in [6, 6.07) is 6.56. The lowest BCUT2D eigenvalue weighted by atomic mass is 10.1. The van der Waals surface area contributed by atoms with Gasteiger partial charge in [-0.15, -0.1) is 0 Å². The Bertz CT molecular complexity index is 444. The standard InChI is InChI=1S/C9H12.C2H2N4O2/c1-7-4-8(2)6-9(3)5-7;7-6(8)5-2-3-1-4-5/h4-6H,1-3H3;1-2H. The quantitative estimate of drug-likeness (QED) is 0.558. The van der Waals surface area contributed by atoms with E-state index in [4.69, 9.17) is 0 Å². The number of nitrogens with zero attached hydrogens (tertiary/aromatic N) is 4. The predicted molar refractivity (Wildman–Crippen MR) is 63.1 cm³/mol. The van der Waals surface area contributed by atoms with Crippen molar-refractivity contribution < 1.29 is 5.03 Å². The van der Waals surface area contributed by atoms with Gasteiger partial charge in [-0.25, -0.2) is 0 Å². The Labute approximate surface area is 99.0 Å². The number of hydrogen-bond donors (Lipinski definition) is 0. The van der Waals surface area contributed by atoms with Gasteiger partial charge in [-0.05, 0) is 20.8 Å². The van der Waals surface area contributed by atoms with Crippen molar-refractivity contribution >= 4 is 0 Å². The first-order valence-corrected chi connectivity index (χ1v) is 5.03. The van der Waals surface area contributed by atoms with Gasteiger partial charge >= 0.3 is 0 Å². The van der Waals surface area contributed by atoms with Crippen molar-refractivity contribution in [2.75, 3.05) is 0 Å². The Morgan fingerprint density at radius 1 is 1.12 bits per heavy atom. The molecule has 1 aromatic carbocycles. The first-order valence-electron chi connectivity index (χ1n) is 5.03. The molecule has 0 bridgehead atoms. The molecule has 0 radical (unpaired) electrons. The van der Waals surface area contributed by atoms with E-state index in [1.807, 2.05) is 0 Å². The number of aromatic nitrogens is 3. The number of nitro groups is 1. The van der Waals surface area contributed by atoms with Crippen LogP contribution in [0.15, 0.2) is 30.9 Å². The molecule has 0 unspecified atom stereocenters. The highest BCUT2D eigenvalue weighted by Gasteiger charge is 1.96. The molecule has 0 aliphatic heterocycles. The lowest BCUT2D eigenvalue weighted by molar-refractivity contribution is -0.553. The second-order valence-corrected chi connectivity index (χ2v) is 3.72. The van der Waals surface area contributed by atoms with E-state index in [-0.39, 0.29) is 0 Å².